The van der Waals surface area contributed by atoms with Crippen molar-refractivity contribution in [2.24, 2.45) is 5.73 Å². The number of pyridine rings is 1. The summed E-state index contributed by atoms with van der Waals surface area (Å²) in [5.41, 5.74) is 4.16. The lowest BCUT2D eigenvalue weighted by Crippen LogP contribution is -2.14. The maximum Gasteiger partial charge on any atom is 0.278 e. The molecule has 0 aliphatic carbocycles. The molecule has 0 unspecified atom stereocenters. The number of halogens is 3. The van der Waals surface area contributed by atoms with Crippen molar-refractivity contribution in [3.05, 3.63) is 32.7 Å². The van der Waals surface area contributed by atoms with E-state index in [2.05, 4.69) is 0 Å². The van der Waals surface area contributed by atoms with Crippen LogP contribution >= 0.6 is 11.6 Å². The average Bonchev–Trinajstić information content (AvgIpc) is 2.08. The second-order valence-electron chi connectivity index (χ2n) is 2.39. The standard InChI is InChI=1S/C7H7ClF2N2O/c8-4-1-3(2-11)5(6(9)10)12-7(4)13/h1,6H,2,11H2,(H,12,13). The van der Waals surface area contributed by atoms with Gasteiger partial charge in [-0.1, -0.05) is 11.6 Å². The van der Waals surface area contributed by atoms with Gasteiger partial charge in [0.05, 0.1) is 5.69 Å². The Balaban J connectivity index is 3.33. The van der Waals surface area contributed by atoms with E-state index in [1.54, 1.807) is 0 Å². The molecule has 0 saturated heterocycles. The third-order valence-electron chi connectivity index (χ3n) is 1.55. The second kappa shape index (κ2) is 3.85. The van der Waals surface area contributed by atoms with Crippen molar-refractivity contribution in [1.82, 2.24) is 4.98 Å². The number of nitrogens with one attached hydrogen (secondary N) is 1. The van der Waals surface area contributed by atoms with Crippen molar-refractivity contribution in [1.29, 1.82) is 0 Å². The Morgan fingerprint density at radius 1 is 1.62 bits per heavy atom. The molecule has 6 heteroatoms. The van der Waals surface area contributed by atoms with Gasteiger partial charge in [-0.3, -0.25) is 4.79 Å². The molecule has 1 heterocycles. The Bertz CT molecular complexity index is 364. The average molecular weight is 209 g/mol. The Hall–Kier alpha value is -0.940. The molecule has 0 aromatic carbocycles. The zero-order valence-corrected chi connectivity index (χ0v) is 7.24. The van der Waals surface area contributed by atoms with Crippen LogP contribution in [0.25, 0.3) is 0 Å². The number of aromatic nitrogens is 1. The fraction of sp³-hybridized carbons (Fsp3) is 0.286. The van der Waals surface area contributed by atoms with Gasteiger partial charge in [-0.15, -0.1) is 0 Å². The third-order valence-corrected chi connectivity index (χ3v) is 1.83. The highest BCUT2D eigenvalue weighted by molar-refractivity contribution is 6.30. The van der Waals surface area contributed by atoms with E-state index in [-0.39, 0.29) is 17.1 Å². The summed E-state index contributed by atoms with van der Waals surface area (Å²) in [5.74, 6) is 0. The Labute approximate surface area is 77.5 Å². The molecule has 72 valence electrons. The van der Waals surface area contributed by atoms with Crippen LogP contribution in [0.2, 0.25) is 5.02 Å². The molecular weight excluding hydrogens is 202 g/mol. The first kappa shape index (κ1) is 10.1. The van der Waals surface area contributed by atoms with E-state index >= 15 is 0 Å². The molecule has 1 rings (SSSR count). The molecule has 3 N–H and O–H groups in total. The molecule has 0 spiro atoms. The lowest BCUT2D eigenvalue weighted by molar-refractivity contribution is 0.144. The van der Waals surface area contributed by atoms with E-state index in [9.17, 15) is 13.6 Å². The minimum Gasteiger partial charge on any atom is -0.326 e. The van der Waals surface area contributed by atoms with E-state index in [4.69, 9.17) is 17.3 Å². The van der Waals surface area contributed by atoms with E-state index in [0.29, 0.717) is 0 Å². The molecule has 1 aromatic rings. The SMILES string of the molecule is NCc1cc(Cl)c(=O)[nH]c1C(F)F. The quantitative estimate of drug-likeness (QED) is 0.772. The topological polar surface area (TPSA) is 58.9 Å². The van der Waals surface area contributed by atoms with E-state index < -0.39 is 17.7 Å². The Morgan fingerprint density at radius 2 is 2.23 bits per heavy atom. The molecule has 0 aliphatic heterocycles. The first-order valence-electron chi connectivity index (χ1n) is 3.46. The number of nitrogens with two attached hydrogens (primary N) is 1. The zero-order chi connectivity index (χ0) is 10.0. The Kier molecular flexibility index (Phi) is 3.00. The first-order chi connectivity index (χ1) is 6.06. The maximum atomic E-state index is 12.3. The lowest BCUT2D eigenvalue weighted by atomic mass is 10.2. The van der Waals surface area contributed by atoms with E-state index in [0.717, 1.165) is 6.07 Å². The predicted molar refractivity (Wildman–Crippen MR) is 44.9 cm³/mol. The smallest absolute Gasteiger partial charge is 0.278 e. The molecular formula is C7H7ClF2N2O. The van der Waals surface area contributed by atoms with Gasteiger partial charge in [-0.2, -0.15) is 0 Å². The van der Waals surface area contributed by atoms with Crippen LogP contribution in [0.3, 0.4) is 0 Å². The normalized spacial score (nSPS) is 10.8. The van der Waals surface area contributed by atoms with Crippen LogP contribution in [0.1, 0.15) is 17.7 Å². The van der Waals surface area contributed by atoms with Gasteiger partial charge in [0.1, 0.15) is 5.02 Å². The summed E-state index contributed by atoms with van der Waals surface area (Å²) in [6, 6.07) is 1.15. The monoisotopic (exact) mass is 208 g/mol. The molecule has 3 nitrogen and oxygen atoms in total. The molecule has 0 saturated carbocycles. The highest BCUT2D eigenvalue weighted by atomic mass is 35.5. The number of hydrogen-bond donors (Lipinski definition) is 2. The van der Waals surface area contributed by atoms with E-state index in [1.807, 2.05) is 4.98 Å². The van der Waals surface area contributed by atoms with Crippen LogP contribution in [0, 0.1) is 0 Å². The Morgan fingerprint density at radius 3 is 2.69 bits per heavy atom. The van der Waals surface area contributed by atoms with Gasteiger partial charge in [0.15, 0.2) is 0 Å². The molecule has 1 aromatic heterocycles. The number of rotatable bonds is 2. The molecule has 0 radical (unpaired) electrons. The minimum atomic E-state index is -2.75. The van der Waals surface area contributed by atoms with E-state index in [1.165, 1.54) is 0 Å². The highest BCUT2D eigenvalue weighted by Gasteiger charge is 2.14. The van der Waals surface area contributed by atoms with Crippen LogP contribution in [-0.2, 0) is 6.54 Å². The zero-order valence-electron chi connectivity index (χ0n) is 6.48. The van der Waals surface area contributed by atoms with Crippen LogP contribution in [0.4, 0.5) is 8.78 Å². The van der Waals surface area contributed by atoms with Crippen molar-refractivity contribution in [2.75, 3.05) is 0 Å². The summed E-state index contributed by atoms with van der Waals surface area (Å²) in [5, 5.41) is -0.134. The molecule has 0 fully saturated rings. The third kappa shape index (κ3) is 2.05. The summed E-state index contributed by atoms with van der Waals surface area (Å²) >= 11 is 5.43. The second-order valence-corrected chi connectivity index (χ2v) is 2.80. The summed E-state index contributed by atoms with van der Waals surface area (Å²) in [6.07, 6.45) is -2.75. The summed E-state index contributed by atoms with van der Waals surface area (Å²) in [7, 11) is 0. The molecule has 0 amide bonds. The lowest BCUT2D eigenvalue weighted by Gasteiger charge is -2.05. The number of H-pyrrole nitrogens is 1. The van der Waals surface area contributed by atoms with Crippen molar-refractivity contribution in [2.45, 2.75) is 13.0 Å². The summed E-state index contributed by atoms with van der Waals surface area (Å²) in [6.45, 7) is -0.0871. The number of alkyl halides is 2. The van der Waals surface area contributed by atoms with Crippen LogP contribution in [0.15, 0.2) is 10.9 Å². The van der Waals surface area contributed by atoms with Gasteiger partial charge < -0.3 is 10.7 Å². The highest BCUT2D eigenvalue weighted by Crippen LogP contribution is 2.20. The van der Waals surface area contributed by atoms with Crippen molar-refractivity contribution in [3.63, 3.8) is 0 Å². The molecule has 0 aliphatic rings. The van der Waals surface area contributed by atoms with Crippen molar-refractivity contribution < 1.29 is 8.78 Å². The van der Waals surface area contributed by atoms with Crippen molar-refractivity contribution >= 4 is 11.6 Å². The summed E-state index contributed by atoms with van der Waals surface area (Å²) in [4.78, 5) is 12.8. The molecule has 0 atom stereocenters. The summed E-state index contributed by atoms with van der Waals surface area (Å²) < 4.78 is 24.5. The molecule has 0 bridgehead atoms. The maximum absolute atomic E-state index is 12.3. The first-order valence-corrected chi connectivity index (χ1v) is 3.84. The van der Waals surface area contributed by atoms with Gasteiger partial charge in [0.25, 0.3) is 12.0 Å². The fourth-order valence-electron chi connectivity index (χ4n) is 0.922. The predicted octanol–water partition coefficient (Wildman–Crippen LogP) is 1.42. The fourth-order valence-corrected chi connectivity index (χ4v) is 1.10. The molecule has 13 heavy (non-hydrogen) atoms. The van der Waals surface area contributed by atoms with Gasteiger partial charge in [0.2, 0.25) is 0 Å². The largest absolute Gasteiger partial charge is 0.326 e. The van der Waals surface area contributed by atoms with Gasteiger partial charge in [-0.25, -0.2) is 8.78 Å². The minimum absolute atomic E-state index is 0.0871. The van der Waals surface area contributed by atoms with Gasteiger partial charge >= 0.3 is 0 Å². The number of aromatic amines is 1. The van der Waals surface area contributed by atoms with Crippen LogP contribution < -0.4 is 11.3 Å². The van der Waals surface area contributed by atoms with Gasteiger partial charge in [-0.05, 0) is 11.6 Å². The number of hydrogen-bond acceptors (Lipinski definition) is 2. The van der Waals surface area contributed by atoms with Crippen LogP contribution in [0.5, 0.6) is 0 Å². The van der Waals surface area contributed by atoms with Crippen LogP contribution in [-0.4, -0.2) is 4.98 Å². The van der Waals surface area contributed by atoms with Gasteiger partial charge in [0, 0.05) is 6.54 Å². The van der Waals surface area contributed by atoms with Crippen molar-refractivity contribution in [3.8, 4) is 0 Å².